The van der Waals surface area contributed by atoms with Crippen LogP contribution in [0.1, 0.15) is 18.1 Å². The molecule has 9 heteroatoms. The summed E-state index contributed by atoms with van der Waals surface area (Å²) in [6.07, 6.45) is 1.07. The largest absolute Gasteiger partial charge is 0.486 e. The minimum absolute atomic E-state index is 0.373. The molecule has 0 atom stereocenters. The van der Waals surface area contributed by atoms with E-state index in [2.05, 4.69) is 10.5 Å². The highest BCUT2D eigenvalue weighted by molar-refractivity contribution is 7.92. The van der Waals surface area contributed by atoms with Gasteiger partial charge in [-0.15, -0.1) is 0 Å². The topological polar surface area (TPSA) is 97.3 Å². The number of hydrogen-bond donors (Lipinski definition) is 1. The molecule has 0 radical (unpaired) electrons. The molecule has 1 aliphatic rings. The third kappa shape index (κ3) is 5.05. The molecule has 29 heavy (non-hydrogen) atoms. The Morgan fingerprint density at radius 3 is 2.52 bits per heavy atom. The molecule has 1 heterocycles. The Bertz CT molecular complexity index is 1050. The number of carbonyl (C=O) groups is 1. The zero-order valence-electron chi connectivity index (χ0n) is 16.5. The van der Waals surface area contributed by atoms with Crippen molar-refractivity contribution in [2.45, 2.75) is 13.8 Å². The van der Waals surface area contributed by atoms with E-state index in [4.69, 9.17) is 9.47 Å². The summed E-state index contributed by atoms with van der Waals surface area (Å²) >= 11 is 0. The number of aryl methyl sites for hydroxylation is 1. The lowest BCUT2D eigenvalue weighted by atomic mass is 10.1. The van der Waals surface area contributed by atoms with E-state index < -0.39 is 15.9 Å². The molecule has 0 aromatic heterocycles. The van der Waals surface area contributed by atoms with Gasteiger partial charge >= 0.3 is 0 Å². The van der Waals surface area contributed by atoms with Gasteiger partial charge in [0.1, 0.15) is 19.8 Å². The quantitative estimate of drug-likeness (QED) is 0.573. The molecule has 2 aromatic rings. The van der Waals surface area contributed by atoms with Crippen molar-refractivity contribution in [3.8, 4) is 11.5 Å². The van der Waals surface area contributed by atoms with Gasteiger partial charge in [-0.1, -0.05) is 18.2 Å². The number of rotatable bonds is 6. The van der Waals surface area contributed by atoms with Crippen LogP contribution in [0.25, 0.3) is 0 Å². The van der Waals surface area contributed by atoms with Crippen molar-refractivity contribution in [1.82, 2.24) is 5.43 Å². The van der Waals surface area contributed by atoms with Gasteiger partial charge in [0.15, 0.2) is 11.5 Å². The number of carbonyl (C=O) groups excluding carboxylic acids is 1. The fraction of sp³-hybridized carbons (Fsp3) is 0.300. The van der Waals surface area contributed by atoms with Crippen molar-refractivity contribution in [3.05, 3.63) is 53.6 Å². The first-order chi connectivity index (χ1) is 13.8. The van der Waals surface area contributed by atoms with Crippen LogP contribution in [0.4, 0.5) is 5.69 Å². The van der Waals surface area contributed by atoms with E-state index in [0.717, 1.165) is 21.7 Å². The van der Waals surface area contributed by atoms with Crippen molar-refractivity contribution in [1.29, 1.82) is 0 Å². The Kier molecular flexibility index (Phi) is 6.07. The van der Waals surface area contributed by atoms with Gasteiger partial charge in [0.25, 0.3) is 5.91 Å². The average Bonchev–Trinajstić information content (AvgIpc) is 2.69. The number of anilines is 1. The number of sulfonamides is 1. The molecule has 8 nitrogen and oxygen atoms in total. The molecule has 0 aliphatic carbocycles. The number of nitrogens with zero attached hydrogens (tertiary/aromatic N) is 2. The minimum Gasteiger partial charge on any atom is -0.486 e. The van der Waals surface area contributed by atoms with E-state index >= 15 is 0 Å². The van der Waals surface area contributed by atoms with Crippen LogP contribution in [0.2, 0.25) is 0 Å². The summed E-state index contributed by atoms with van der Waals surface area (Å²) in [6, 6.07) is 12.4. The Morgan fingerprint density at radius 2 is 1.83 bits per heavy atom. The third-order valence-electron chi connectivity index (χ3n) is 4.38. The highest BCUT2D eigenvalue weighted by Gasteiger charge is 2.22. The predicted molar refractivity (Wildman–Crippen MR) is 111 cm³/mol. The molecular formula is C20H23N3O5S. The van der Waals surface area contributed by atoms with Crippen molar-refractivity contribution in [3.63, 3.8) is 0 Å². The number of hydrazone groups is 1. The summed E-state index contributed by atoms with van der Waals surface area (Å²) in [5.41, 5.74) is 4.94. The fourth-order valence-electron chi connectivity index (χ4n) is 2.87. The zero-order chi connectivity index (χ0) is 21.0. The van der Waals surface area contributed by atoms with Crippen LogP contribution >= 0.6 is 0 Å². The molecule has 0 spiro atoms. The average molecular weight is 417 g/mol. The monoisotopic (exact) mass is 417 g/mol. The highest BCUT2D eigenvalue weighted by Crippen LogP contribution is 2.30. The van der Waals surface area contributed by atoms with Gasteiger partial charge in [0.05, 0.1) is 17.7 Å². The molecule has 0 saturated heterocycles. The maximum atomic E-state index is 12.4. The summed E-state index contributed by atoms with van der Waals surface area (Å²) in [4.78, 5) is 12.4. The van der Waals surface area contributed by atoms with Crippen LogP contribution in [0.15, 0.2) is 47.6 Å². The number of benzene rings is 2. The van der Waals surface area contributed by atoms with Gasteiger partial charge in [0, 0.05) is 5.56 Å². The summed E-state index contributed by atoms with van der Waals surface area (Å²) in [7, 11) is -3.64. The number of hydrogen-bond acceptors (Lipinski definition) is 6. The zero-order valence-corrected chi connectivity index (χ0v) is 17.3. The molecule has 2 aromatic carbocycles. The Hall–Kier alpha value is -3.07. The van der Waals surface area contributed by atoms with E-state index in [-0.39, 0.29) is 6.54 Å². The molecule has 1 aliphatic heterocycles. The molecule has 0 fully saturated rings. The van der Waals surface area contributed by atoms with Crippen LogP contribution < -0.4 is 19.2 Å². The number of ether oxygens (including phenoxy) is 2. The van der Waals surface area contributed by atoms with Crippen LogP contribution in [0, 0.1) is 6.92 Å². The SMILES string of the molecule is C/C(=N/NC(=O)CN(c1ccccc1C)S(C)(=O)=O)c1ccc2c(c1)OCCO2. The molecule has 154 valence electrons. The number of nitrogens with one attached hydrogen (secondary N) is 1. The van der Waals surface area contributed by atoms with Gasteiger partial charge in [-0.25, -0.2) is 13.8 Å². The van der Waals surface area contributed by atoms with Crippen molar-refractivity contribution in [2.24, 2.45) is 5.10 Å². The maximum Gasteiger partial charge on any atom is 0.260 e. The normalized spacial score (nSPS) is 13.7. The Balaban J connectivity index is 1.72. The molecular weight excluding hydrogens is 394 g/mol. The lowest BCUT2D eigenvalue weighted by Crippen LogP contribution is -2.39. The Morgan fingerprint density at radius 1 is 1.14 bits per heavy atom. The predicted octanol–water partition coefficient (Wildman–Crippen LogP) is 2.07. The smallest absolute Gasteiger partial charge is 0.260 e. The molecule has 0 saturated carbocycles. The lowest BCUT2D eigenvalue weighted by Gasteiger charge is -2.23. The van der Waals surface area contributed by atoms with Gasteiger partial charge in [-0.05, 0) is 43.7 Å². The third-order valence-corrected chi connectivity index (χ3v) is 5.51. The second-order valence-electron chi connectivity index (χ2n) is 6.65. The molecule has 1 amide bonds. The van der Waals surface area contributed by atoms with Gasteiger partial charge < -0.3 is 9.47 Å². The Labute approximate surface area is 170 Å². The van der Waals surface area contributed by atoms with E-state index in [1.807, 2.05) is 6.07 Å². The van der Waals surface area contributed by atoms with Crippen LogP contribution in [0.5, 0.6) is 11.5 Å². The molecule has 0 unspecified atom stereocenters. The molecule has 3 rings (SSSR count). The second kappa shape index (κ2) is 8.52. The molecule has 0 bridgehead atoms. The van der Waals surface area contributed by atoms with Gasteiger partial charge in [-0.3, -0.25) is 9.10 Å². The van der Waals surface area contributed by atoms with E-state index in [1.54, 1.807) is 50.2 Å². The van der Waals surface area contributed by atoms with E-state index in [1.165, 1.54) is 0 Å². The number of para-hydroxylation sites is 1. The maximum absolute atomic E-state index is 12.4. The van der Waals surface area contributed by atoms with E-state index in [9.17, 15) is 13.2 Å². The minimum atomic E-state index is -3.64. The first-order valence-corrected chi connectivity index (χ1v) is 10.9. The summed E-state index contributed by atoms with van der Waals surface area (Å²) < 4.78 is 36.5. The first kappa shape index (κ1) is 20.7. The first-order valence-electron chi connectivity index (χ1n) is 9.02. The second-order valence-corrected chi connectivity index (χ2v) is 8.55. The van der Waals surface area contributed by atoms with Gasteiger partial charge in [0.2, 0.25) is 10.0 Å². The highest BCUT2D eigenvalue weighted by atomic mass is 32.2. The number of amides is 1. The van der Waals surface area contributed by atoms with Crippen molar-refractivity contribution >= 4 is 27.3 Å². The van der Waals surface area contributed by atoms with Crippen molar-refractivity contribution < 1.29 is 22.7 Å². The van der Waals surface area contributed by atoms with Gasteiger partial charge in [-0.2, -0.15) is 5.10 Å². The van der Waals surface area contributed by atoms with Crippen LogP contribution in [0.3, 0.4) is 0 Å². The van der Waals surface area contributed by atoms with Crippen LogP contribution in [-0.4, -0.2) is 46.1 Å². The lowest BCUT2D eigenvalue weighted by molar-refractivity contribution is -0.119. The summed E-state index contributed by atoms with van der Waals surface area (Å²) in [5.74, 6) is 0.742. The summed E-state index contributed by atoms with van der Waals surface area (Å²) in [5, 5.41) is 4.09. The molecule has 1 N–H and O–H groups in total. The summed E-state index contributed by atoms with van der Waals surface area (Å²) in [6.45, 7) is 4.13. The van der Waals surface area contributed by atoms with Crippen LogP contribution in [-0.2, 0) is 14.8 Å². The number of fused-ring (bicyclic) bond motifs is 1. The van der Waals surface area contributed by atoms with E-state index in [0.29, 0.717) is 36.1 Å². The van der Waals surface area contributed by atoms with Crippen molar-refractivity contribution in [2.75, 3.05) is 30.3 Å². The fourth-order valence-corrected chi connectivity index (χ4v) is 3.78. The standard InChI is InChI=1S/C20H23N3O5S/c1-14-6-4-5-7-17(14)23(29(3,25)26)13-20(24)22-21-15(2)16-8-9-18-19(12-16)28-11-10-27-18/h4-9,12H,10-11,13H2,1-3H3,(H,22,24)/b21-15-.